The molecule has 29 heavy (non-hydrogen) atoms. The average molecular weight is 399 g/mol. The van der Waals surface area contributed by atoms with Gasteiger partial charge in [-0.05, 0) is 31.4 Å². The Morgan fingerprint density at radius 1 is 1.21 bits per heavy atom. The van der Waals surface area contributed by atoms with Crippen LogP contribution in [-0.4, -0.2) is 73.1 Å². The number of hydrogen-bond donors (Lipinski definition) is 1. The Bertz CT molecular complexity index is 729. The third-order valence-electron chi connectivity index (χ3n) is 6.33. The number of hydrogen-bond acceptors (Lipinski definition) is 5. The van der Waals surface area contributed by atoms with Gasteiger partial charge in [-0.2, -0.15) is 5.10 Å². The number of aromatic nitrogens is 2. The highest BCUT2D eigenvalue weighted by atomic mass is 16.5. The number of H-pyrrole nitrogens is 1. The fraction of sp³-hybridized carbons (Fsp3) is 0.609. The van der Waals surface area contributed by atoms with Gasteiger partial charge in [0.25, 0.3) is 0 Å². The molecule has 2 aliphatic heterocycles. The molecule has 2 aromatic rings. The van der Waals surface area contributed by atoms with Gasteiger partial charge < -0.3 is 9.47 Å². The van der Waals surface area contributed by atoms with E-state index in [1.165, 1.54) is 29.7 Å². The van der Waals surface area contributed by atoms with Crippen molar-refractivity contribution in [3.63, 3.8) is 0 Å². The molecule has 0 saturated carbocycles. The second-order valence-electron chi connectivity index (χ2n) is 8.24. The molecule has 2 unspecified atom stereocenters. The molecule has 0 aliphatic carbocycles. The first-order valence-electron chi connectivity index (χ1n) is 11.0. The summed E-state index contributed by atoms with van der Waals surface area (Å²) in [7, 11) is 1.80. The molecule has 2 saturated heterocycles. The Labute approximate surface area is 174 Å². The lowest BCUT2D eigenvalue weighted by atomic mass is 9.90. The Morgan fingerprint density at radius 3 is 2.83 bits per heavy atom. The highest BCUT2D eigenvalue weighted by molar-refractivity contribution is 5.23. The molecule has 158 valence electrons. The fourth-order valence-corrected chi connectivity index (χ4v) is 4.79. The number of likely N-dealkylation sites (tertiary alicyclic amines) is 1. The van der Waals surface area contributed by atoms with Gasteiger partial charge in [0.05, 0.1) is 19.4 Å². The molecule has 0 amide bonds. The molecule has 6 heteroatoms. The monoisotopic (exact) mass is 398 g/mol. The predicted molar refractivity (Wildman–Crippen MR) is 114 cm³/mol. The van der Waals surface area contributed by atoms with Crippen LogP contribution in [0.25, 0.3) is 0 Å². The lowest BCUT2D eigenvalue weighted by Gasteiger charge is -2.39. The standard InChI is InChI=1S/C23H34N4O2/c1-28-13-9-22(19-6-3-2-4-7-19)27-10-5-8-20(18-27)23-21(16-24-25-23)17-26-11-14-29-15-12-26/h2-4,6-7,16,20,22H,5,8-15,17-18H2,1H3,(H,24,25). The molecular weight excluding hydrogens is 364 g/mol. The number of aromatic amines is 1. The molecule has 2 aliphatic rings. The first kappa shape index (κ1) is 20.5. The minimum Gasteiger partial charge on any atom is -0.385 e. The number of morpholine rings is 1. The molecule has 0 spiro atoms. The first-order valence-corrected chi connectivity index (χ1v) is 11.0. The van der Waals surface area contributed by atoms with Crippen LogP contribution in [0.2, 0.25) is 0 Å². The highest BCUT2D eigenvalue weighted by Gasteiger charge is 2.30. The molecular formula is C23H34N4O2. The normalized spacial score (nSPS) is 22.6. The zero-order valence-corrected chi connectivity index (χ0v) is 17.6. The van der Waals surface area contributed by atoms with Crippen molar-refractivity contribution >= 4 is 0 Å². The van der Waals surface area contributed by atoms with Crippen LogP contribution in [0.3, 0.4) is 0 Å². The highest BCUT2D eigenvalue weighted by Crippen LogP contribution is 2.34. The number of methoxy groups -OCH3 is 1. The number of piperidine rings is 1. The van der Waals surface area contributed by atoms with E-state index in [0.717, 1.165) is 59.0 Å². The Kier molecular flexibility index (Phi) is 7.33. The van der Waals surface area contributed by atoms with Crippen molar-refractivity contribution in [2.24, 2.45) is 0 Å². The quantitative estimate of drug-likeness (QED) is 0.740. The summed E-state index contributed by atoms with van der Waals surface area (Å²) in [5.74, 6) is 0.510. The maximum atomic E-state index is 5.50. The topological polar surface area (TPSA) is 53.6 Å². The molecule has 1 aromatic heterocycles. The van der Waals surface area contributed by atoms with E-state index < -0.39 is 0 Å². The number of benzene rings is 1. The van der Waals surface area contributed by atoms with Gasteiger partial charge >= 0.3 is 0 Å². The van der Waals surface area contributed by atoms with Crippen LogP contribution in [0, 0.1) is 0 Å². The van der Waals surface area contributed by atoms with Crippen LogP contribution < -0.4 is 0 Å². The second-order valence-corrected chi connectivity index (χ2v) is 8.24. The van der Waals surface area contributed by atoms with Gasteiger partial charge in [0.1, 0.15) is 0 Å². The largest absolute Gasteiger partial charge is 0.385 e. The van der Waals surface area contributed by atoms with Gasteiger partial charge in [-0.1, -0.05) is 30.3 Å². The average Bonchev–Trinajstić information content (AvgIpc) is 3.24. The van der Waals surface area contributed by atoms with Crippen molar-refractivity contribution in [3.8, 4) is 0 Å². The summed E-state index contributed by atoms with van der Waals surface area (Å²) >= 11 is 0. The van der Waals surface area contributed by atoms with Crippen LogP contribution >= 0.6 is 0 Å². The minimum atomic E-state index is 0.407. The zero-order valence-electron chi connectivity index (χ0n) is 17.6. The fourth-order valence-electron chi connectivity index (χ4n) is 4.79. The molecule has 0 bridgehead atoms. The summed E-state index contributed by atoms with van der Waals surface area (Å²) in [5.41, 5.74) is 4.08. The van der Waals surface area contributed by atoms with Crippen LogP contribution in [0.1, 0.15) is 48.0 Å². The molecule has 3 heterocycles. The summed E-state index contributed by atoms with van der Waals surface area (Å²) in [4.78, 5) is 5.13. The van der Waals surface area contributed by atoms with Gasteiger partial charge in [0, 0.05) is 63.1 Å². The molecule has 2 atom stereocenters. The van der Waals surface area contributed by atoms with E-state index in [-0.39, 0.29) is 0 Å². The van der Waals surface area contributed by atoms with Crippen LogP contribution in [-0.2, 0) is 16.0 Å². The van der Waals surface area contributed by atoms with E-state index in [1.54, 1.807) is 7.11 Å². The van der Waals surface area contributed by atoms with Gasteiger partial charge in [0.15, 0.2) is 0 Å². The molecule has 1 N–H and O–H groups in total. The van der Waals surface area contributed by atoms with Crippen molar-refractivity contribution in [3.05, 3.63) is 53.3 Å². The first-order chi connectivity index (χ1) is 14.3. The van der Waals surface area contributed by atoms with Crippen molar-refractivity contribution in [1.82, 2.24) is 20.0 Å². The molecule has 4 rings (SSSR count). The number of ether oxygens (including phenoxy) is 2. The van der Waals surface area contributed by atoms with Crippen molar-refractivity contribution in [2.75, 3.05) is 53.1 Å². The number of nitrogens with one attached hydrogen (secondary N) is 1. The molecule has 2 fully saturated rings. The lowest BCUT2D eigenvalue weighted by Crippen LogP contribution is -2.39. The van der Waals surface area contributed by atoms with Crippen LogP contribution in [0.4, 0.5) is 0 Å². The van der Waals surface area contributed by atoms with Gasteiger partial charge in [-0.25, -0.2) is 0 Å². The van der Waals surface area contributed by atoms with Gasteiger partial charge in [0.2, 0.25) is 0 Å². The summed E-state index contributed by atoms with van der Waals surface area (Å²) in [6.45, 7) is 7.66. The predicted octanol–water partition coefficient (Wildman–Crippen LogP) is 3.20. The lowest BCUT2D eigenvalue weighted by molar-refractivity contribution is 0.0339. The maximum absolute atomic E-state index is 5.50. The van der Waals surface area contributed by atoms with Crippen molar-refractivity contribution in [1.29, 1.82) is 0 Å². The van der Waals surface area contributed by atoms with Gasteiger partial charge in [-0.3, -0.25) is 14.9 Å². The Morgan fingerprint density at radius 2 is 2.03 bits per heavy atom. The summed E-state index contributed by atoms with van der Waals surface area (Å²) in [6, 6.07) is 11.3. The Hall–Kier alpha value is -1.73. The summed E-state index contributed by atoms with van der Waals surface area (Å²) in [5, 5.41) is 7.77. The van der Waals surface area contributed by atoms with Crippen LogP contribution in [0.15, 0.2) is 36.5 Å². The van der Waals surface area contributed by atoms with Gasteiger partial charge in [-0.15, -0.1) is 0 Å². The molecule has 6 nitrogen and oxygen atoms in total. The third-order valence-corrected chi connectivity index (χ3v) is 6.33. The van der Waals surface area contributed by atoms with E-state index in [9.17, 15) is 0 Å². The minimum absolute atomic E-state index is 0.407. The van der Waals surface area contributed by atoms with Crippen molar-refractivity contribution < 1.29 is 9.47 Å². The van der Waals surface area contributed by atoms with Crippen LogP contribution in [0.5, 0.6) is 0 Å². The second kappa shape index (κ2) is 10.3. The van der Waals surface area contributed by atoms with E-state index in [4.69, 9.17) is 9.47 Å². The zero-order chi connectivity index (χ0) is 19.9. The molecule has 0 radical (unpaired) electrons. The number of rotatable bonds is 8. The summed E-state index contributed by atoms with van der Waals surface area (Å²) < 4.78 is 10.9. The summed E-state index contributed by atoms with van der Waals surface area (Å²) in [6.07, 6.45) is 5.50. The third kappa shape index (κ3) is 5.25. The Balaban J connectivity index is 1.47. The van der Waals surface area contributed by atoms with E-state index >= 15 is 0 Å². The maximum Gasteiger partial charge on any atom is 0.0594 e. The molecule has 1 aromatic carbocycles. The van der Waals surface area contributed by atoms with Crippen molar-refractivity contribution in [2.45, 2.75) is 37.8 Å². The van der Waals surface area contributed by atoms with E-state index in [2.05, 4.69) is 50.3 Å². The SMILES string of the molecule is COCCC(c1ccccc1)N1CCCC(c2[nH]ncc2CN2CCOCC2)C1. The smallest absolute Gasteiger partial charge is 0.0594 e. The van der Waals surface area contributed by atoms with E-state index in [1.807, 2.05) is 6.20 Å². The number of nitrogens with zero attached hydrogens (tertiary/aromatic N) is 3. The van der Waals surface area contributed by atoms with E-state index in [0.29, 0.717) is 12.0 Å².